The van der Waals surface area contributed by atoms with Crippen LogP contribution in [0.15, 0.2) is 30.5 Å². The zero-order chi connectivity index (χ0) is 20.2. The summed E-state index contributed by atoms with van der Waals surface area (Å²) in [7, 11) is 1.87. The second-order valence-electron chi connectivity index (χ2n) is 7.30. The third kappa shape index (κ3) is 4.31. The van der Waals surface area contributed by atoms with E-state index < -0.39 is 0 Å². The highest BCUT2D eigenvalue weighted by Gasteiger charge is 2.18. The fraction of sp³-hybridized carbons (Fsp3) is 0.429. The Balaban J connectivity index is 1.58. The van der Waals surface area contributed by atoms with E-state index in [0.717, 1.165) is 35.4 Å². The lowest BCUT2D eigenvalue weighted by molar-refractivity contribution is 0.0526. The van der Waals surface area contributed by atoms with Crippen molar-refractivity contribution in [2.24, 2.45) is 7.05 Å². The Morgan fingerprint density at radius 3 is 2.66 bits per heavy atom. The number of anilines is 3. The molecule has 1 fully saturated rings. The number of carbonyl (C=O) groups is 1. The zero-order valence-corrected chi connectivity index (χ0v) is 16.8. The first-order chi connectivity index (χ1) is 14.1. The van der Waals surface area contributed by atoms with Crippen molar-refractivity contribution in [1.82, 2.24) is 19.7 Å². The summed E-state index contributed by atoms with van der Waals surface area (Å²) in [5, 5.41) is 12.1. The molecule has 2 heterocycles. The summed E-state index contributed by atoms with van der Waals surface area (Å²) in [6.07, 6.45) is 7.92. The Kier molecular flexibility index (Phi) is 5.59. The molecule has 0 aliphatic heterocycles. The molecule has 152 valence electrons. The maximum absolute atomic E-state index is 11.8. The molecule has 4 rings (SSSR count). The monoisotopic (exact) mass is 394 g/mol. The van der Waals surface area contributed by atoms with Gasteiger partial charge in [-0.25, -0.2) is 4.79 Å². The molecule has 0 unspecified atom stereocenters. The minimum atomic E-state index is -0.328. The highest BCUT2D eigenvalue weighted by molar-refractivity contribution is 5.90. The molecule has 1 aliphatic rings. The largest absolute Gasteiger partial charge is 0.462 e. The van der Waals surface area contributed by atoms with Crippen LogP contribution in [0.4, 0.5) is 17.5 Å². The van der Waals surface area contributed by atoms with Crippen molar-refractivity contribution in [3.05, 3.63) is 36.0 Å². The first kappa shape index (κ1) is 19.2. The lowest BCUT2D eigenvalue weighted by Crippen LogP contribution is -2.23. The van der Waals surface area contributed by atoms with Gasteiger partial charge in [0.15, 0.2) is 5.65 Å². The van der Waals surface area contributed by atoms with Crippen molar-refractivity contribution in [2.45, 2.75) is 45.1 Å². The molecule has 0 bridgehead atoms. The molecule has 1 aliphatic carbocycles. The summed E-state index contributed by atoms with van der Waals surface area (Å²) >= 11 is 0. The third-order valence-corrected chi connectivity index (χ3v) is 5.19. The minimum absolute atomic E-state index is 0.328. The topological polar surface area (TPSA) is 94.0 Å². The van der Waals surface area contributed by atoms with E-state index >= 15 is 0 Å². The van der Waals surface area contributed by atoms with E-state index in [0.29, 0.717) is 24.2 Å². The van der Waals surface area contributed by atoms with Crippen LogP contribution in [-0.2, 0) is 11.8 Å². The molecule has 2 N–H and O–H groups in total. The van der Waals surface area contributed by atoms with Gasteiger partial charge < -0.3 is 15.4 Å². The smallest absolute Gasteiger partial charge is 0.338 e. The number of hydrogen-bond acceptors (Lipinski definition) is 7. The van der Waals surface area contributed by atoms with Crippen LogP contribution in [0.5, 0.6) is 0 Å². The van der Waals surface area contributed by atoms with Crippen molar-refractivity contribution in [1.29, 1.82) is 0 Å². The maximum atomic E-state index is 11.8. The van der Waals surface area contributed by atoms with Crippen LogP contribution in [-0.4, -0.2) is 38.4 Å². The van der Waals surface area contributed by atoms with Gasteiger partial charge in [0.1, 0.15) is 5.82 Å². The number of carbonyl (C=O) groups excluding carboxylic acids is 1. The Bertz CT molecular complexity index is 992. The van der Waals surface area contributed by atoms with E-state index in [2.05, 4.69) is 20.7 Å². The summed E-state index contributed by atoms with van der Waals surface area (Å²) < 4.78 is 6.77. The molecule has 29 heavy (non-hydrogen) atoms. The van der Waals surface area contributed by atoms with Gasteiger partial charge in [-0.15, -0.1) is 0 Å². The van der Waals surface area contributed by atoms with Gasteiger partial charge in [0.2, 0.25) is 5.95 Å². The quantitative estimate of drug-likeness (QED) is 0.610. The molecule has 0 spiro atoms. The van der Waals surface area contributed by atoms with Crippen LogP contribution in [0.25, 0.3) is 11.0 Å². The molecule has 3 aromatic rings. The molecule has 0 saturated heterocycles. The SMILES string of the molecule is CCOC(=O)c1ccc(Nc2nc(NC3CCCCC3)c3cnn(C)c3n2)cc1. The number of nitrogens with one attached hydrogen (secondary N) is 2. The van der Waals surface area contributed by atoms with Crippen molar-refractivity contribution < 1.29 is 9.53 Å². The van der Waals surface area contributed by atoms with Gasteiger partial charge >= 0.3 is 5.97 Å². The zero-order valence-electron chi connectivity index (χ0n) is 16.8. The lowest BCUT2D eigenvalue weighted by atomic mass is 9.95. The van der Waals surface area contributed by atoms with E-state index in [9.17, 15) is 4.79 Å². The number of benzene rings is 1. The first-order valence-electron chi connectivity index (χ1n) is 10.1. The van der Waals surface area contributed by atoms with Crippen LogP contribution in [0.3, 0.4) is 0 Å². The fourth-order valence-corrected chi connectivity index (χ4v) is 3.66. The Morgan fingerprint density at radius 1 is 1.17 bits per heavy atom. The van der Waals surface area contributed by atoms with E-state index in [1.807, 2.05) is 19.2 Å². The number of fused-ring (bicyclic) bond motifs is 1. The predicted molar refractivity (Wildman–Crippen MR) is 112 cm³/mol. The number of nitrogens with zero attached hydrogens (tertiary/aromatic N) is 4. The molecule has 8 heteroatoms. The second-order valence-corrected chi connectivity index (χ2v) is 7.30. The number of esters is 1. The summed E-state index contributed by atoms with van der Waals surface area (Å²) in [6, 6.07) is 7.52. The second kappa shape index (κ2) is 8.46. The Hall–Kier alpha value is -3.16. The Morgan fingerprint density at radius 2 is 1.93 bits per heavy atom. The number of ether oxygens (including phenoxy) is 1. The third-order valence-electron chi connectivity index (χ3n) is 5.19. The summed E-state index contributed by atoms with van der Waals surface area (Å²) in [6.45, 7) is 2.15. The number of aromatic nitrogens is 4. The van der Waals surface area contributed by atoms with Gasteiger partial charge in [-0.05, 0) is 44.0 Å². The van der Waals surface area contributed by atoms with Crippen LogP contribution in [0.2, 0.25) is 0 Å². The average molecular weight is 394 g/mol. The molecule has 1 saturated carbocycles. The number of hydrogen-bond donors (Lipinski definition) is 2. The normalized spacial score (nSPS) is 14.7. The fourth-order valence-electron chi connectivity index (χ4n) is 3.66. The van der Waals surface area contributed by atoms with Gasteiger partial charge in [-0.1, -0.05) is 19.3 Å². The predicted octanol–water partition coefficient (Wildman–Crippen LogP) is 4.03. The summed E-state index contributed by atoms with van der Waals surface area (Å²) in [5.41, 5.74) is 2.08. The molecule has 0 atom stereocenters. The molecular weight excluding hydrogens is 368 g/mol. The van der Waals surface area contributed by atoms with E-state index in [1.54, 1.807) is 29.9 Å². The van der Waals surface area contributed by atoms with Gasteiger partial charge in [0, 0.05) is 18.8 Å². The summed E-state index contributed by atoms with van der Waals surface area (Å²) in [5.74, 6) is 0.967. The van der Waals surface area contributed by atoms with E-state index in [-0.39, 0.29) is 5.97 Å². The summed E-state index contributed by atoms with van der Waals surface area (Å²) in [4.78, 5) is 21.1. The van der Waals surface area contributed by atoms with Crippen molar-refractivity contribution >= 4 is 34.5 Å². The van der Waals surface area contributed by atoms with Crippen molar-refractivity contribution in [3.8, 4) is 0 Å². The molecule has 0 radical (unpaired) electrons. The van der Waals surface area contributed by atoms with Crippen molar-refractivity contribution in [2.75, 3.05) is 17.2 Å². The van der Waals surface area contributed by atoms with Crippen LogP contribution >= 0.6 is 0 Å². The Labute approximate surface area is 169 Å². The first-order valence-corrected chi connectivity index (χ1v) is 10.1. The van der Waals surface area contributed by atoms with Crippen LogP contribution < -0.4 is 10.6 Å². The van der Waals surface area contributed by atoms with Crippen LogP contribution in [0.1, 0.15) is 49.4 Å². The molecule has 0 amide bonds. The van der Waals surface area contributed by atoms with E-state index in [4.69, 9.17) is 9.72 Å². The van der Waals surface area contributed by atoms with Gasteiger partial charge in [0.25, 0.3) is 0 Å². The molecular formula is C21H26N6O2. The minimum Gasteiger partial charge on any atom is -0.462 e. The highest BCUT2D eigenvalue weighted by atomic mass is 16.5. The number of aryl methyl sites for hydroxylation is 1. The molecule has 8 nitrogen and oxygen atoms in total. The number of rotatable bonds is 6. The highest BCUT2D eigenvalue weighted by Crippen LogP contribution is 2.27. The van der Waals surface area contributed by atoms with Gasteiger partial charge in [-0.2, -0.15) is 15.1 Å². The maximum Gasteiger partial charge on any atom is 0.338 e. The molecule has 2 aromatic heterocycles. The van der Waals surface area contributed by atoms with Gasteiger partial charge in [-0.3, -0.25) is 4.68 Å². The van der Waals surface area contributed by atoms with E-state index in [1.165, 1.54) is 19.3 Å². The van der Waals surface area contributed by atoms with Gasteiger partial charge in [0.05, 0.1) is 23.8 Å². The average Bonchev–Trinajstić information content (AvgIpc) is 3.11. The van der Waals surface area contributed by atoms with Crippen LogP contribution in [0, 0.1) is 0 Å². The standard InChI is InChI=1S/C21H26N6O2/c1-3-29-20(28)14-9-11-16(12-10-14)24-21-25-18(23-15-7-5-4-6-8-15)17-13-22-27(2)19(17)26-21/h9-13,15H,3-8H2,1-2H3,(H2,23,24,25,26). The molecule has 1 aromatic carbocycles. The lowest BCUT2D eigenvalue weighted by Gasteiger charge is -2.23. The van der Waals surface area contributed by atoms with Crippen molar-refractivity contribution in [3.63, 3.8) is 0 Å².